The first-order chi connectivity index (χ1) is 16.9. The van der Waals surface area contributed by atoms with Crippen LogP contribution >= 0.6 is 0 Å². The third-order valence-corrected chi connectivity index (χ3v) is 5.71. The molecule has 35 heavy (non-hydrogen) atoms. The number of aryl methyl sites for hydroxylation is 2. The third-order valence-electron chi connectivity index (χ3n) is 5.71. The number of hydrogen-bond donors (Lipinski definition) is 2. The van der Waals surface area contributed by atoms with Crippen LogP contribution in [0.15, 0.2) is 72.9 Å². The lowest BCUT2D eigenvalue weighted by Crippen LogP contribution is -2.24. The van der Waals surface area contributed by atoms with Crippen molar-refractivity contribution in [2.75, 3.05) is 14.2 Å². The number of rotatable bonds is 7. The largest absolute Gasteiger partial charge is 0.508 e. The Hall–Kier alpha value is -4.32. The maximum atomic E-state index is 13.4. The van der Waals surface area contributed by atoms with Gasteiger partial charge in [0.25, 0.3) is 5.91 Å². The molecule has 0 atom stereocenters. The second kappa shape index (κ2) is 10.3. The van der Waals surface area contributed by atoms with Crippen molar-refractivity contribution in [1.29, 1.82) is 0 Å². The average molecular weight is 469 g/mol. The van der Waals surface area contributed by atoms with E-state index in [1.807, 2.05) is 38.1 Å². The minimum absolute atomic E-state index is 0.111. The normalized spacial score (nSPS) is 10.6. The lowest BCUT2D eigenvalue weighted by Gasteiger charge is -2.14. The van der Waals surface area contributed by atoms with Crippen LogP contribution in [0.1, 0.15) is 27.0 Å². The number of hydrogen-bond acceptors (Lipinski definition) is 5. The van der Waals surface area contributed by atoms with Crippen LogP contribution in [-0.2, 0) is 6.54 Å². The van der Waals surface area contributed by atoms with E-state index in [0.29, 0.717) is 34.9 Å². The highest BCUT2D eigenvalue weighted by atomic mass is 16.5. The maximum Gasteiger partial charge on any atom is 0.253 e. The van der Waals surface area contributed by atoms with E-state index in [2.05, 4.69) is 28.5 Å². The molecule has 1 amide bonds. The first-order valence-corrected chi connectivity index (χ1v) is 11.2. The van der Waals surface area contributed by atoms with E-state index in [9.17, 15) is 9.90 Å². The molecule has 0 aliphatic heterocycles. The molecule has 4 rings (SSSR count). The molecule has 0 saturated heterocycles. The molecule has 0 unspecified atom stereocenters. The van der Waals surface area contributed by atoms with Crippen molar-refractivity contribution in [2.45, 2.75) is 20.4 Å². The van der Waals surface area contributed by atoms with Gasteiger partial charge in [0.15, 0.2) is 11.5 Å². The molecule has 3 aromatic carbocycles. The number of amides is 1. The number of pyridine rings is 1. The fourth-order valence-corrected chi connectivity index (χ4v) is 4.09. The number of carbonyl (C=O) groups is 1. The molecule has 178 valence electrons. The van der Waals surface area contributed by atoms with Crippen molar-refractivity contribution in [3.63, 3.8) is 0 Å². The Morgan fingerprint density at radius 1 is 0.857 bits per heavy atom. The summed E-state index contributed by atoms with van der Waals surface area (Å²) in [6.45, 7) is 4.38. The van der Waals surface area contributed by atoms with Gasteiger partial charge in [-0.25, -0.2) is 0 Å². The molecule has 0 radical (unpaired) electrons. The van der Waals surface area contributed by atoms with Gasteiger partial charge >= 0.3 is 0 Å². The van der Waals surface area contributed by atoms with Crippen LogP contribution < -0.4 is 14.8 Å². The first-order valence-electron chi connectivity index (χ1n) is 11.2. The number of aromatic hydroxyl groups is 1. The zero-order chi connectivity index (χ0) is 24.9. The Morgan fingerprint density at radius 3 is 2.29 bits per heavy atom. The van der Waals surface area contributed by atoms with Crippen LogP contribution in [0.25, 0.3) is 22.4 Å². The second-order valence-electron chi connectivity index (χ2n) is 8.42. The molecule has 0 bridgehead atoms. The molecular weight excluding hydrogens is 440 g/mol. The number of nitrogens with zero attached hydrogens (tertiary/aromatic N) is 1. The van der Waals surface area contributed by atoms with Gasteiger partial charge in [0.05, 0.1) is 25.5 Å². The number of benzene rings is 3. The van der Waals surface area contributed by atoms with Crippen LogP contribution in [0.4, 0.5) is 0 Å². The molecule has 0 saturated carbocycles. The predicted molar refractivity (Wildman–Crippen MR) is 137 cm³/mol. The van der Waals surface area contributed by atoms with Gasteiger partial charge in [-0.05, 0) is 55.3 Å². The summed E-state index contributed by atoms with van der Waals surface area (Å²) in [6, 6.07) is 20.4. The molecule has 0 aliphatic rings. The second-order valence-corrected chi connectivity index (χ2v) is 8.42. The Balaban J connectivity index is 1.70. The zero-order valence-corrected chi connectivity index (χ0v) is 20.3. The van der Waals surface area contributed by atoms with E-state index in [1.54, 1.807) is 44.7 Å². The summed E-state index contributed by atoms with van der Waals surface area (Å²) in [5.41, 5.74) is 6.56. The van der Waals surface area contributed by atoms with Crippen LogP contribution in [0.5, 0.6) is 17.2 Å². The van der Waals surface area contributed by atoms with Crippen LogP contribution in [-0.4, -0.2) is 30.2 Å². The van der Waals surface area contributed by atoms with E-state index in [0.717, 1.165) is 27.8 Å². The minimum atomic E-state index is -0.267. The van der Waals surface area contributed by atoms with E-state index >= 15 is 0 Å². The van der Waals surface area contributed by atoms with Crippen molar-refractivity contribution in [2.24, 2.45) is 0 Å². The number of phenolic OH excluding ortho intramolecular Hbond substituents is 1. The van der Waals surface area contributed by atoms with E-state index in [1.165, 1.54) is 0 Å². The molecule has 0 aliphatic carbocycles. The van der Waals surface area contributed by atoms with Crippen molar-refractivity contribution in [3.8, 4) is 39.6 Å². The van der Waals surface area contributed by atoms with Crippen molar-refractivity contribution in [1.82, 2.24) is 10.3 Å². The van der Waals surface area contributed by atoms with Crippen LogP contribution in [0, 0.1) is 13.8 Å². The van der Waals surface area contributed by atoms with E-state index in [4.69, 9.17) is 9.47 Å². The van der Waals surface area contributed by atoms with Gasteiger partial charge in [-0.3, -0.25) is 9.78 Å². The van der Waals surface area contributed by atoms with Crippen LogP contribution in [0.3, 0.4) is 0 Å². The lowest BCUT2D eigenvalue weighted by atomic mass is 9.98. The quantitative estimate of drug-likeness (QED) is 0.364. The summed E-state index contributed by atoms with van der Waals surface area (Å²) in [5.74, 6) is 1.06. The minimum Gasteiger partial charge on any atom is -0.508 e. The van der Waals surface area contributed by atoms with Crippen molar-refractivity contribution >= 4 is 5.91 Å². The highest BCUT2D eigenvalue weighted by Crippen LogP contribution is 2.30. The number of carbonyl (C=O) groups excluding carboxylic acids is 1. The molecule has 1 aromatic heterocycles. The molecular formula is C29H28N2O4. The summed E-state index contributed by atoms with van der Waals surface area (Å²) in [5, 5.41) is 13.0. The van der Waals surface area contributed by atoms with Gasteiger partial charge in [0.1, 0.15) is 5.75 Å². The van der Waals surface area contributed by atoms with E-state index in [-0.39, 0.29) is 11.7 Å². The number of methoxy groups -OCH3 is 2. The average Bonchev–Trinajstić information content (AvgIpc) is 2.86. The maximum absolute atomic E-state index is 13.4. The summed E-state index contributed by atoms with van der Waals surface area (Å²) in [6.07, 6.45) is 1.76. The fourth-order valence-electron chi connectivity index (χ4n) is 4.09. The fraction of sp³-hybridized carbons (Fsp3) is 0.172. The molecule has 4 aromatic rings. The summed E-state index contributed by atoms with van der Waals surface area (Å²) >= 11 is 0. The van der Waals surface area contributed by atoms with Gasteiger partial charge in [-0.15, -0.1) is 0 Å². The number of ether oxygens (including phenoxy) is 2. The smallest absolute Gasteiger partial charge is 0.253 e. The van der Waals surface area contributed by atoms with Crippen molar-refractivity contribution < 1.29 is 19.4 Å². The first kappa shape index (κ1) is 23.8. The van der Waals surface area contributed by atoms with Gasteiger partial charge in [-0.1, -0.05) is 47.5 Å². The molecule has 0 fully saturated rings. The summed E-state index contributed by atoms with van der Waals surface area (Å²) < 4.78 is 10.7. The SMILES string of the molecule is COc1ccc(CNC(=O)c2cc(-c3cc(C)cc(C)c3)cnc2-c2cccc(O)c2)cc1OC. The van der Waals surface area contributed by atoms with Gasteiger partial charge in [-0.2, -0.15) is 0 Å². The molecule has 6 nitrogen and oxygen atoms in total. The number of phenols is 1. The van der Waals surface area contributed by atoms with Crippen molar-refractivity contribution in [3.05, 3.63) is 95.2 Å². The van der Waals surface area contributed by atoms with Gasteiger partial charge in [0.2, 0.25) is 0 Å². The standard InChI is InChI=1S/C29H28N2O4/c1-18-10-19(2)12-22(11-18)23-15-25(28(30-17-23)21-6-5-7-24(32)14-21)29(33)31-16-20-8-9-26(34-3)27(13-20)35-4/h5-15,17,32H,16H2,1-4H3,(H,31,33). The molecule has 2 N–H and O–H groups in total. The van der Waals surface area contributed by atoms with E-state index < -0.39 is 0 Å². The number of nitrogens with one attached hydrogen (secondary N) is 1. The Labute approximate surface area is 205 Å². The lowest BCUT2D eigenvalue weighted by molar-refractivity contribution is 0.0951. The Bertz CT molecular complexity index is 1360. The molecule has 1 heterocycles. The van der Waals surface area contributed by atoms with Gasteiger partial charge < -0.3 is 19.9 Å². The highest BCUT2D eigenvalue weighted by molar-refractivity contribution is 6.01. The monoisotopic (exact) mass is 468 g/mol. The Kier molecular flexibility index (Phi) is 7.01. The predicted octanol–water partition coefficient (Wildman–Crippen LogP) is 5.69. The zero-order valence-electron chi connectivity index (χ0n) is 20.3. The molecule has 6 heteroatoms. The Morgan fingerprint density at radius 2 is 1.60 bits per heavy atom. The summed E-state index contributed by atoms with van der Waals surface area (Å²) in [7, 11) is 3.16. The van der Waals surface area contributed by atoms with Crippen LogP contribution in [0.2, 0.25) is 0 Å². The topological polar surface area (TPSA) is 80.7 Å². The third kappa shape index (κ3) is 5.44. The van der Waals surface area contributed by atoms with Gasteiger partial charge in [0, 0.05) is 23.9 Å². The summed E-state index contributed by atoms with van der Waals surface area (Å²) in [4.78, 5) is 18.1. The molecule has 0 spiro atoms. The highest BCUT2D eigenvalue weighted by Gasteiger charge is 2.17. The number of aromatic nitrogens is 1.